The second kappa shape index (κ2) is 13.1. The molecular weight excluding hydrogens is 435 g/mol. The minimum absolute atomic E-state index is 0.116. The Morgan fingerprint density at radius 2 is 1.64 bits per heavy atom. The quantitative estimate of drug-likeness (QED) is 0.172. The summed E-state index contributed by atoms with van der Waals surface area (Å²) in [4.78, 5) is 62.3. The SMILES string of the molecule is COC(=O)CCC(=O)N[C@@H](C)C(=O)N[C@@H](C)C(=O)N1CCC[C@H]1C(=O)N[C@H](B(O)O)C(C)C. The second-order valence-corrected chi connectivity index (χ2v) is 8.48. The molecule has 0 aromatic rings. The molecule has 1 saturated heterocycles. The third-order valence-electron chi connectivity index (χ3n) is 5.47. The predicted octanol–water partition coefficient (Wildman–Crippen LogP) is -1.91. The van der Waals surface area contributed by atoms with Crippen LogP contribution in [0.2, 0.25) is 0 Å². The van der Waals surface area contributed by atoms with E-state index in [1.165, 1.54) is 25.9 Å². The Morgan fingerprint density at radius 3 is 2.18 bits per heavy atom. The number of nitrogens with zero attached hydrogens (tertiary/aromatic N) is 1. The molecule has 1 aliphatic heterocycles. The van der Waals surface area contributed by atoms with Crippen molar-refractivity contribution in [2.24, 2.45) is 5.92 Å². The maximum Gasteiger partial charge on any atom is 0.475 e. The Morgan fingerprint density at radius 1 is 1.00 bits per heavy atom. The highest BCUT2D eigenvalue weighted by Gasteiger charge is 2.39. The van der Waals surface area contributed by atoms with Crippen molar-refractivity contribution in [2.45, 2.75) is 77.4 Å². The lowest BCUT2D eigenvalue weighted by Gasteiger charge is -2.30. The molecule has 0 aromatic carbocycles. The molecule has 1 aliphatic rings. The average molecular weight is 470 g/mol. The van der Waals surface area contributed by atoms with Crippen molar-refractivity contribution in [3.8, 4) is 0 Å². The van der Waals surface area contributed by atoms with E-state index >= 15 is 0 Å². The van der Waals surface area contributed by atoms with Gasteiger partial charge in [-0.2, -0.15) is 0 Å². The van der Waals surface area contributed by atoms with Crippen molar-refractivity contribution in [3.05, 3.63) is 0 Å². The van der Waals surface area contributed by atoms with Gasteiger partial charge in [-0.3, -0.25) is 24.0 Å². The summed E-state index contributed by atoms with van der Waals surface area (Å²) in [5.74, 6) is -3.71. The second-order valence-electron chi connectivity index (χ2n) is 8.48. The minimum Gasteiger partial charge on any atom is -0.469 e. The van der Waals surface area contributed by atoms with E-state index in [-0.39, 0.29) is 18.8 Å². The van der Waals surface area contributed by atoms with E-state index in [9.17, 15) is 34.0 Å². The smallest absolute Gasteiger partial charge is 0.469 e. The molecule has 0 unspecified atom stereocenters. The Bertz CT molecular complexity index is 725. The van der Waals surface area contributed by atoms with Crippen molar-refractivity contribution in [3.63, 3.8) is 0 Å². The van der Waals surface area contributed by atoms with Crippen molar-refractivity contribution >= 4 is 36.7 Å². The molecule has 13 heteroatoms. The molecule has 186 valence electrons. The summed E-state index contributed by atoms with van der Waals surface area (Å²) in [7, 11) is -0.524. The van der Waals surface area contributed by atoms with Gasteiger partial charge >= 0.3 is 13.1 Å². The molecule has 5 N–H and O–H groups in total. The fraction of sp³-hybridized carbons (Fsp3) is 0.750. The normalized spacial score (nSPS) is 18.2. The first-order valence-corrected chi connectivity index (χ1v) is 11.0. The number of carbonyl (C=O) groups excluding carboxylic acids is 5. The molecule has 1 rings (SSSR count). The number of methoxy groups -OCH3 is 1. The highest BCUT2D eigenvalue weighted by atomic mass is 16.5. The molecule has 1 heterocycles. The fourth-order valence-electron chi connectivity index (χ4n) is 3.49. The number of likely N-dealkylation sites (tertiary alicyclic amines) is 1. The van der Waals surface area contributed by atoms with Crippen molar-refractivity contribution < 1.29 is 38.8 Å². The molecule has 1 fully saturated rings. The molecule has 4 atom stereocenters. The van der Waals surface area contributed by atoms with Gasteiger partial charge in [-0.1, -0.05) is 13.8 Å². The minimum atomic E-state index is -1.73. The third kappa shape index (κ3) is 8.65. The highest BCUT2D eigenvalue weighted by molar-refractivity contribution is 6.43. The van der Waals surface area contributed by atoms with Gasteiger partial charge in [0.2, 0.25) is 23.6 Å². The van der Waals surface area contributed by atoms with Gasteiger partial charge in [-0.25, -0.2) is 0 Å². The lowest BCUT2D eigenvalue weighted by atomic mass is 9.73. The molecule has 33 heavy (non-hydrogen) atoms. The summed E-state index contributed by atoms with van der Waals surface area (Å²) in [5.41, 5.74) is 0. The molecule has 12 nitrogen and oxygen atoms in total. The van der Waals surface area contributed by atoms with Crippen LogP contribution in [0, 0.1) is 5.92 Å². The van der Waals surface area contributed by atoms with E-state index in [4.69, 9.17) is 0 Å². The van der Waals surface area contributed by atoms with Crippen LogP contribution in [-0.4, -0.2) is 89.4 Å². The Balaban J connectivity index is 2.65. The standard InChI is InChI=1S/C20H35BN4O8/c1-11(2)17(21(31)32)24-19(29)14-7-6-10-25(14)20(30)13(4)23-18(28)12(3)22-15(26)8-9-16(27)33-5/h11-14,17,31-32H,6-10H2,1-5H3,(H,22,26)(H,23,28)(H,24,29)/t12-,13-,14-,17-/m0/s1. The summed E-state index contributed by atoms with van der Waals surface area (Å²) in [6.45, 7) is 6.71. The van der Waals surface area contributed by atoms with Gasteiger partial charge in [0, 0.05) is 13.0 Å². The zero-order chi connectivity index (χ0) is 25.3. The summed E-state index contributed by atoms with van der Waals surface area (Å²) >= 11 is 0. The van der Waals surface area contributed by atoms with Gasteiger partial charge in [-0.15, -0.1) is 0 Å². The fourth-order valence-corrected chi connectivity index (χ4v) is 3.49. The van der Waals surface area contributed by atoms with Gasteiger partial charge < -0.3 is 35.6 Å². The summed E-state index contributed by atoms with van der Waals surface area (Å²) in [5, 5.41) is 26.5. The van der Waals surface area contributed by atoms with E-state index < -0.39 is 60.8 Å². The molecule has 4 amide bonds. The molecule has 0 aliphatic carbocycles. The molecule has 0 saturated carbocycles. The number of nitrogens with one attached hydrogen (secondary N) is 3. The van der Waals surface area contributed by atoms with Gasteiger partial charge in [-0.05, 0) is 32.6 Å². The van der Waals surface area contributed by atoms with E-state index in [1.54, 1.807) is 13.8 Å². The van der Waals surface area contributed by atoms with Crippen LogP contribution in [0.4, 0.5) is 0 Å². The van der Waals surface area contributed by atoms with Crippen LogP contribution in [0.3, 0.4) is 0 Å². The monoisotopic (exact) mass is 470 g/mol. The van der Waals surface area contributed by atoms with Gasteiger partial charge in [0.25, 0.3) is 0 Å². The number of ether oxygens (including phenoxy) is 1. The molecule has 0 radical (unpaired) electrons. The zero-order valence-electron chi connectivity index (χ0n) is 19.8. The Labute approximate surface area is 193 Å². The lowest BCUT2D eigenvalue weighted by Crippen LogP contribution is -2.58. The van der Waals surface area contributed by atoms with Crippen LogP contribution in [0.5, 0.6) is 0 Å². The maximum absolute atomic E-state index is 12.9. The molecular formula is C20H35BN4O8. The molecule has 0 spiro atoms. The first kappa shape index (κ1) is 28.4. The van der Waals surface area contributed by atoms with Crippen LogP contribution in [0.15, 0.2) is 0 Å². The van der Waals surface area contributed by atoms with Crippen molar-refractivity contribution in [1.82, 2.24) is 20.9 Å². The van der Waals surface area contributed by atoms with Crippen molar-refractivity contribution in [1.29, 1.82) is 0 Å². The van der Waals surface area contributed by atoms with Gasteiger partial charge in [0.05, 0.1) is 19.5 Å². The number of hydrogen-bond donors (Lipinski definition) is 5. The largest absolute Gasteiger partial charge is 0.475 e. The number of carbonyl (C=O) groups is 5. The predicted molar refractivity (Wildman–Crippen MR) is 118 cm³/mol. The summed E-state index contributed by atoms with van der Waals surface area (Å²) in [6.07, 6.45) is 0.751. The van der Waals surface area contributed by atoms with Crippen LogP contribution in [0.1, 0.15) is 53.4 Å². The summed E-state index contributed by atoms with van der Waals surface area (Å²) < 4.78 is 4.46. The number of esters is 1. The first-order valence-electron chi connectivity index (χ1n) is 11.0. The van der Waals surface area contributed by atoms with Crippen LogP contribution < -0.4 is 16.0 Å². The van der Waals surface area contributed by atoms with Crippen LogP contribution >= 0.6 is 0 Å². The van der Waals surface area contributed by atoms with Crippen LogP contribution in [-0.2, 0) is 28.7 Å². The van der Waals surface area contributed by atoms with E-state index in [0.29, 0.717) is 19.4 Å². The third-order valence-corrected chi connectivity index (χ3v) is 5.47. The van der Waals surface area contributed by atoms with Crippen molar-refractivity contribution in [2.75, 3.05) is 13.7 Å². The summed E-state index contributed by atoms with van der Waals surface area (Å²) in [6, 6.07) is -2.68. The highest BCUT2D eigenvalue weighted by Crippen LogP contribution is 2.19. The van der Waals surface area contributed by atoms with E-state index in [1.807, 2.05) is 0 Å². The lowest BCUT2D eigenvalue weighted by molar-refractivity contribution is -0.142. The van der Waals surface area contributed by atoms with Crippen LogP contribution in [0.25, 0.3) is 0 Å². The molecule has 0 aromatic heterocycles. The Kier molecular flexibility index (Phi) is 11.3. The van der Waals surface area contributed by atoms with E-state index in [2.05, 4.69) is 20.7 Å². The van der Waals surface area contributed by atoms with Gasteiger partial charge in [0.15, 0.2) is 0 Å². The zero-order valence-corrected chi connectivity index (χ0v) is 19.8. The number of hydrogen-bond acceptors (Lipinski definition) is 8. The maximum atomic E-state index is 12.9. The molecule has 0 bridgehead atoms. The number of amides is 4. The van der Waals surface area contributed by atoms with E-state index in [0.717, 1.165) is 0 Å². The number of rotatable bonds is 11. The van der Waals surface area contributed by atoms with Gasteiger partial charge in [0.1, 0.15) is 18.1 Å². The first-order chi connectivity index (χ1) is 15.4. The average Bonchev–Trinajstić information content (AvgIpc) is 3.24. The Hall–Kier alpha value is -2.67. The topological polar surface area (TPSA) is 174 Å².